The monoisotopic (exact) mass is 302 g/mol. The number of carbonyl (C=O) groups excluding carboxylic acids is 1. The second-order valence-corrected chi connectivity index (χ2v) is 4.89. The van der Waals surface area contributed by atoms with Gasteiger partial charge in [-0.3, -0.25) is 4.79 Å². The van der Waals surface area contributed by atoms with Gasteiger partial charge >= 0.3 is 0 Å². The van der Waals surface area contributed by atoms with Crippen molar-refractivity contribution in [2.45, 2.75) is 13.3 Å². The summed E-state index contributed by atoms with van der Waals surface area (Å²) in [4.78, 5) is 12.5. The van der Waals surface area contributed by atoms with Gasteiger partial charge in [0, 0.05) is 18.1 Å². The van der Waals surface area contributed by atoms with Gasteiger partial charge in [-0.1, -0.05) is 12.1 Å². The fourth-order valence-corrected chi connectivity index (χ4v) is 2.18. The summed E-state index contributed by atoms with van der Waals surface area (Å²) < 4.78 is 10.2. The molecule has 0 fully saturated rings. The summed E-state index contributed by atoms with van der Waals surface area (Å²) in [7, 11) is 2.95. The molecule has 22 heavy (non-hydrogen) atoms. The number of carbonyl (C=O) groups is 1. The Labute approximate surface area is 128 Å². The molecule has 116 valence electrons. The Morgan fingerprint density at radius 1 is 1.09 bits per heavy atom. The number of Topliss-reactive ketones (excluding diaryl/α,β-unsaturated/α-hetero) is 1. The van der Waals surface area contributed by atoms with E-state index in [1.165, 1.54) is 20.1 Å². The first-order valence-corrected chi connectivity index (χ1v) is 6.73. The lowest BCUT2D eigenvalue weighted by molar-refractivity contribution is 0.0987. The van der Waals surface area contributed by atoms with Gasteiger partial charge < -0.3 is 19.7 Å². The van der Waals surface area contributed by atoms with Crippen LogP contribution in [0, 0.1) is 6.92 Å². The quantitative estimate of drug-likeness (QED) is 0.831. The van der Waals surface area contributed by atoms with Crippen molar-refractivity contribution in [2.75, 3.05) is 14.2 Å². The molecule has 0 saturated carbocycles. The molecule has 0 amide bonds. The first-order valence-electron chi connectivity index (χ1n) is 6.73. The number of rotatable bonds is 5. The highest BCUT2D eigenvalue weighted by Gasteiger charge is 2.21. The van der Waals surface area contributed by atoms with Crippen molar-refractivity contribution < 1.29 is 24.5 Å². The maximum Gasteiger partial charge on any atom is 0.174 e. The summed E-state index contributed by atoms with van der Waals surface area (Å²) in [6, 6.07) is 8.43. The zero-order chi connectivity index (χ0) is 16.3. The molecule has 0 aromatic heterocycles. The molecule has 0 bridgehead atoms. The van der Waals surface area contributed by atoms with E-state index in [-0.39, 0.29) is 40.6 Å². The number of phenolic OH excluding ortho intramolecular Hbond substituents is 2. The van der Waals surface area contributed by atoms with Gasteiger partial charge in [0.1, 0.15) is 28.6 Å². The van der Waals surface area contributed by atoms with Crippen LogP contribution in [0.5, 0.6) is 23.0 Å². The summed E-state index contributed by atoms with van der Waals surface area (Å²) in [6.45, 7) is 1.54. The van der Waals surface area contributed by atoms with Crippen LogP contribution in [0.1, 0.15) is 21.5 Å². The molecule has 0 aliphatic carbocycles. The van der Waals surface area contributed by atoms with Gasteiger partial charge in [0.15, 0.2) is 5.78 Å². The summed E-state index contributed by atoms with van der Waals surface area (Å²) >= 11 is 0. The third kappa shape index (κ3) is 2.98. The van der Waals surface area contributed by atoms with E-state index in [0.29, 0.717) is 5.75 Å². The fraction of sp³-hybridized carbons (Fsp3) is 0.235. The van der Waals surface area contributed by atoms with Crippen molar-refractivity contribution in [2.24, 2.45) is 0 Å². The Morgan fingerprint density at radius 3 is 2.27 bits per heavy atom. The van der Waals surface area contributed by atoms with E-state index in [0.717, 1.165) is 5.56 Å². The topological polar surface area (TPSA) is 76.0 Å². The van der Waals surface area contributed by atoms with Crippen molar-refractivity contribution in [3.8, 4) is 23.0 Å². The number of ketones is 1. The molecule has 2 aromatic carbocycles. The van der Waals surface area contributed by atoms with E-state index in [1.54, 1.807) is 31.4 Å². The Balaban J connectivity index is 2.34. The molecule has 0 aliphatic heterocycles. The average Bonchev–Trinajstić information content (AvgIpc) is 2.52. The minimum absolute atomic E-state index is 0.0774. The molecule has 0 radical (unpaired) electrons. The van der Waals surface area contributed by atoms with Crippen LogP contribution >= 0.6 is 0 Å². The lowest BCUT2D eigenvalue weighted by Crippen LogP contribution is -2.07. The molecule has 5 heteroatoms. The molecular formula is C17H18O5. The lowest BCUT2D eigenvalue weighted by Gasteiger charge is -2.13. The van der Waals surface area contributed by atoms with E-state index >= 15 is 0 Å². The van der Waals surface area contributed by atoms with Crippen LogP contribution in [-0.4, -0.2) is 30.2 Å². The van der Waals surface area contributed by atoms with Gasteiger partial charge in [-0.2, -0.15) is 0 Å². The number of methoxy groups -OCH3 is 2. The maximum absolute atomic E-state index is 12.5. The molecule has 0 saturated heterocycles. The van der Waals surface area contributed by atoms with Crippen molar-refractivity contribution in [1.82, 2.24) is 0 Å². The zero-order valence-electron chi connectivity index (χ0n) is 12.7. The van der Waals surface area contributed by atoms with Gasteiger partial charge in [0.2, 0.25) is 0 Å². The van der Waals surface area contributed by atoms with Crippen molar-refractivity contribution in [3.63, 3.8) is 0 Å². The van der Waals surface area contributed by atoms with E-state index in [4.69, 9.17) is 9.47 Å². The number of benzene rings is 2. The van der Waals surface area contributed by atoms with Crippen molar-refractivity contribution in [1.29, 1.82) is 0 Å². The Morgan fingerprint density at radius 2 is 1.73 bits per heavy atom. The van der Waals surface area contributed by atoms with Crippen LogP contribution in [0.4, 0.5) is 0 Å². The number of ether oxygens (including phenoxy) is 2. The van der Waals surface area contributed by atoms with Gasteiger partial charge in [-0.25, -0.2) is 0 Å². The molecule has 0 spiro atoms. The summed E-state index contributed by atoms with van der Waals surface area (Å²) in [6.07, 6.45) is 0.109. The highest BCUT2D eigenvalue weighted by Crippen LogP contribution is 2.38. The summed E-state index contributed by atoms with van der Waals surface area (Å²) in [5, 5.41) is 19.8. The largest absolute Gasteiger partial charge is 0.507 e. The van der Waals surface area contributed by atoms with Gasteiger partial charge in [-0.05, 0) is 24.6 Å². The maximum atomic E-state index is 12.5. The molecule has 0 unspecified atom stereocenters. The van der Waals surface area contributed by atoms with E-state index in [9.17, 15) is 15.0 Å². The van der Waals surface area contributed by atoms with Crippen LogP contribution in [0.15, 0.2) is 30.3 Å². The summed E-state index contributed by atoms with van der Waals surface area (Å²) in [5.41, 5.74) is 1.12. The van der Waals surface area contributed by atoms with E-state index in [2.05, 4.69) is 0 Å². The van der Waals surface area contributed by atoms with Crippen molar-refractivity contribution in [3.05, 3.63) is 47.0 Å². The second kappa shape index (κ2) is 6.39. The molecular weight excluding hydrogens is 284 g/mol. The normalized spacial score (nSPS) is 10.3. The third-order valence-corrected chi connectivity index (χ3v) is 3.51. The number of hydrogen-bond donors (Lipinski definition) is 2. The second-order valence-electron chi connectivity index (χ2n) is 4.89. The zero-order valence-corrected chi connectivity index (χ0v) is 12.7. The highest BCUT2D eigenvalue weighted by atomic mass is 16.5. The van der Waals surface area contributed by atoms with Crippen LogP contribution < -0.4 is 9.47 Å². The van der Waals surface area contributed by atoms with Crippen LogP contribution in [0.25, 0.3) is 0 Å². The predicted octanol–water partition coefficient (Wildman–Crippen LogP) is 2.85. The van der Waals surface area contributed by atoms with Gasteiger partial charge in [-0.15, -0.1) is 0 Å². The number of aromatic hydroxyl groups is 2. The Hall–Kier alpha value is -2.69. The SMILES string of the molecule is COc1ccc(CC(=O)c2c(OC)cc(O)c(C)c2O)cc1. The van der Waals surface area contributed by atoms with Crippen LogP contribution in [-0.2, 0) is 6.42 Å². The minimum Gasteiger partial charge on any atom is -0.507 e. The Bertz CT molecular complexity index is 689. The fourth-order valence-electron chi connectivity index (χ4n) is 2.18. The van der Waals surface area contributed by atoms with E-state index in [1.807, 2.05) is 0 Å². The Kier molecular flexibility index (Phi) is 4.56. The molecule has 2 rings (SSSR count). The standard InChI is InChI=1S/C17H18O5/c1-10-13(18)9-15(22-3)16(17(10)20)14(19)8-11-4-6-12(21-2)7-5-11/h4-7,9,18,20H,8H2,1-3H3. The molecule has 5 nitrogen and oxygen atoms in total. The third-order valence-electron chi connectivity index (χ3n) is 3.51. The van der Waals surface area contributed by atoms with Gasteiger partial charge in [0.25, 0.3) is 0 Å². The van der Waals surface area contributed by atoms with Crippen molar-refractivity contribution >= 4 is 5.78 Å². The lowest BCUT2D eigenvalue weighted by atomic mass is 9.98. The molecule has 2 N–H and O–H groups in total. The number of phenols is 2. The number of hydrogen-bond acceptors (Lipinski definition) is 5. The van der Waals surface area contributed by atoms with Crippen LogP contribution in [0.2, 0.25) is 0 Å². The van der Waals surface area contributed by atoms with Gasteiger partial charge in [0.05, 0.1) is 14.2 Å². The van der Waals surface area contributed by atoms with E-state index < -0.39 is 0 Å². The first kappa shape index (κ1) is 15.7. The highest BCUT2D eigenvalue weighted by molar-refractivity contribution is 6.03. The summed E-state index contributed by atoms with van der Waals surface area (Å²) in [5.74, 6) is 0.199. The average molecular weight is 302 g/mol. The molecule has 2 aromatic rings. The molecule has 0 aliphatic rings. The molecule has 0 atom stereocenters. The molecule has 0 heterocycles. The minimum atomic E-state index is -0.289. The van der Waals surface area contributed by atoms with Crippen LogP contribution in [0.3, 0.4) is 0 Å². The predicted molar refractivity (Wildman–Crippen MR) is 82.1 cm³/mol. The smallest absolute Gasteiger partial charge is 0.174 e. The first-order chi connectivity index (χ1) is 10.5.